The van der Waals surface area contributed by atoms with Gasteiger partial charge in [-0.15, -0.1) is 21.5 Å². The number of nitrogens with zero attached hydrogens (tertiary/aromatic N) is 4. The molecule has 0 aliphatic rings. The molecule has 4 rings (SSSR count). The zero-order chi connectivity index (χ0) is 26.4. The molecule has 0 aliphatic heterocycles. The third kappa shape index (κ3) is 6.97. The lowest BCUT2D eigenvalue weighted by Crippen LogP contribution is -2.31. The molecule has 0 saturated carbocycles. The van der Waals surface area contributed by atoms with Crippen molar-refractivity contribution < 1.29 is 9.59 Å². The van der Waals surface area contributed by atoms with Gasteiger partial charge in [-0.2, -0.15) is 0 Å². The van der Waals surface area contributed by atoms with Crippen LogP contribution in [0, 0.1) is 5.92 Å². The number of aromatic nitrogens is 4. The number of anilines is 1. The fourth-order valence-electron chi connectivity index (χ4n) is 3.70. The van der Waals surface area contributed by atoms with Crippen molar-refractivity contribution >= 4 is 51.6 Å². The first-order chi connectivity index (χ1) is 17.8. The highest BCUT2D eigenvalue weighted by atomic mass is 35.5. The van der Waals surface area contributed by atoms with Crippen LogP contribution in [0.15, 0.2) is 65.1 Å². The summed E-state index contributed by atoms with van der Waals surface area (Å²) in [7, 11) is 1.83. The zero-order valence-corrected chi connectivity index (χ0v) is 23.0. The average Bonchev–Trinajstić information content (AvgIpc) is 3.49. The van der Waals surface area contributed by atoms with Crippen LogP contribution in [0.5, 0.6) is 0 Å². The molecule has 0 saturated heterocycles. The van der Waals surface area contributed by atoms with Crippen molar-refractivity contribution in [1.29, 1.82) is 0 Å². The second kappa shape index (κ2) is 12.4. The summed E-state index contributed by atoms with van der Waals surface area (Å²) in [5.41, 5.74) is 2.23. The summed E-state index contributed by atoms with van der Waals surface area (Å²) in [6.45, 7) is 4.15. The normalized spacial score (nSPS) is 11.9. The van der Waals surface area contributed by atoms with Crippen LogP contribution >= 0.6 is 34.7 Å². The van der Waals surface area contributed by atoms with Gasteiger partial charge in [0.25, 0.3) is 5.91 Å². The number of benzene rings is 2. The van der Waals surface area contributed by atoms with Crippen molar-refractivity contribution in [3.63, 3.8) is 0 Å². The number of halogens is 1. The molecule has 192 valence electrons. The molecule has 0 spiro atoms. The standard InChI is InChI=1S/C26H27ClN6O2S2/c1-16(2)13-20(28-24(35)18-11-7-8-12-19(18)27)23-31-32-26(33(23)3)37-15-22(34)30-25-29-21(14-36-25)17-9-5-4-6-10-17/h4-12,14,16,20H,13,15H2,1-3H3,(H,28,35)(H,29,30,34)/t20-/m1/s1. The Morgan fingerprint density at radius 3 is 2.54 bits per heavy atom. The van der Waals surface area contributed by atoms with E-state index in [1.54, 1.807) is 24.3 Å². The fourth-order valence-corrected chi connectivity index (χ4v) is 5.37. The summed E-state index contributed by atoms with van der Waals surface area (Å²) in [5.74, 6) is 0.603. The third-order valence-electron chi connectivity index (χ3n) is 5.46. The Balaban J connectivity index is 1.39. The van der Waals surface area contributed by atoms with E-state index in [0.717, 1.165) is 11.3 Å². The molecule has 1 atom stereocenters. The van der Waals surface area contributed by atoms with Crippen molar-refractivity contribution in [3.8, 4) is 11.3 Å². The van der Waals surface area contributed by atoms with E-state index in [9.17, 15) is 9.59 Å². The zero-order valence-electron chi connectivity index (χ0n) is 20.6. The van der Waals surface area contributed by atoms with Gasteiger partial charge in [0, 0.05) is 18.0 Å². The molecule has 0 aliphatic carbocycles. The van der Waals surface area contributed by atoms with E-state index in [1.807, 2.05) is 47.3 Å². The smallest absolute Gasteiger partial charge is 0.253 e. The van der Waals surface area contributed by atoms with Crippen LogP contribution in [0.3, 0.4) is 0 Å². The Morgan fingerprint density at radius 2 is 1.81 bits per heavy atom. The quantitative estimate of drug-likeness (QED) is 0.239. The molecule has 2 N–H and O–H groups in total. The molecular formula is C26H27ClN6O2S2. The van der Waals surface area contributed by atoms with Gasteiger partial charge < -0.3 is 15.2 Å². The van der Waals surface area contributed by atoms with Gasteiger partial charge in [-0.05, 0) is 24.5 Å². The summed E-state index contributed by atoms with van der Waals surface area (Å²) in [6.07, 6.45) is 0.668. The first-order valence-corrected chi connectivity index (χ1v) is 13.9. The van der Waals surface area contributed by atoms with Crippen molar-refractivity contribution in [1.82, 2.24) is 25.1 Å². The molecule has 2 heterocycles. The fraction of sp³-hybridized carbons (Fsp3) is 0.269. The van der Waals surface area contributed by atoms with E-state index in [2.05, 4.69) is 39.7 Å². The first-order valence-electron chi connectivity index (χ1n) is 11.7. The SMILES string of the molecule is CC(C)C[C@@H](NC(=O)c1ccccc1Cl)c1nnc(SCC(=O)Nc2nc(-c3ccccc3)cs2)n1C. The number of rotatable bonds is 10. The Labute approximate surface area is 228 Å². The number of hydrogen-bond acceptors (Lipinski definition) is 7. The predicted molar refractivity (Wildman–Crippen MR) is 149 cm³/mol. The molecule has 8 nitrogen and oxygen atoms in total. The van der Waals surface area contributed by atoms with Crippen molar-refractivity contribution in [2.45, 2.75) is 31.5 Å². The Hall–Kier alpha value is -3.21. The number of thioether (sulfide) groups is 1. The van der Waals surface area contributed by atoms with E-state index in [0.29, 0.717) is 39.0 Å². The maximum Gasteiger partial charge on any atom is 0.253 e. The van der Waals surface area contributed by atoms with Crippen molar-refractivity contribution in [3.05, 3.63) is 76.4 Å². The molecular weight excluding hydrogens is 528 g/mol. The monoisotopic (exact) mass is 554 g/mol. The predicted octanol–water partition coefficient (Wildman–Crippen LogP) is 5.84. The van der Waals surface area contributed by atoms with Crippen LogP contribution in [-0.2, 0) is 11.8 Å². The Morgan fingerprint density at radius 1 is 1.08 bits per heavy atom. The maximum atomic E-state index is 12.9. The molecule has 0 bridgehead atoms. The molecule has 37 heavy (non-hydrogen) atoms. The highest BCUT2D eigenvalue weighted by Crippen LogP contribution is 2.27. The summed E-state index contributed by atoms with van der Waals surface area (Å²) in [6, 6.07) is 16.4. The van der Waals surface area contributed by atoms with Crippen LogP contribution in [-0.4, -0.2) is 37.3 Å². The molecule has 2 amide bonds. The van der Waals surface area contributed by atoms with Gasteiger partial charge in [0.1, 0.15) is 0 Å². The number of amides is 2. The lowest BCUT2D eigenvalue weighted by Gasteiger charge is -2.20. The Kier molecular flexibility index (Phi) is 8.96. The van der Waals surface area contributed by atoms with Crippen LogP contribution in [0.2, 0.25) is 5.02 Å². The van der Waals surface area contributed by atoms with E-state index in [1.165, 1.54) is 23.1 Å². The maximum absolute atomic E-state index is 12.9. The number of hydrogen-bond donors (Lipinski definition) is 2. The minimum absolute atomic E-state index is 0.146. The van der Waals surface area contributed by atoms with Gasteiger partial charge in [0.05, 0.1) is 28.1 Å². The average molecular weight is 555 g/mol. The lowest BCUT2D eigenvalue weighted by atomic mass is 10.0. The van der Waals surface area contributed by atoms with Crippen LogP contribution in [0.1, 0.15) is 42.5 Å². The van der Waals surface area contributed by atoms with Gasteiger partial charge in [0.15, 0.2) is 16.1 Å². The minimum atomic E-state index is -0.365. The van der Waals surface area contributed by atoms with E-state index >= 15 is 0 Å². The van der Waals surface area contributed by atoms with Gasteiger partial charge in [-0.25, -0.2) is 4.98 Å². The molecule has 0 fully saturated rings. The van der Waals surface area contributed by atoms with E-state index in [-0.39, 0.29) is 23.6 Å². The van der Waals surface area contributed by atoms with E-state index < -0.39 is 0 Å². The number of carbonyl (C=O) groups is 2. The minimum Gasteiger partial charge on any atom is -0.342 e. The Bertz CT molecular complexity index is 1370. The van der Waals surface area contributed by atoms with Crippen molar-refractivity contribution in [2.75, 3.05) is 11.1 Å². The van der Waals surface area contributed by atoms with Gasteiger partial charge >= 0.3 is 0 Å². The molecule has 4 aromatic rings. The summed E-state index contributed by atoms with van der Waals surface area (Å²) in [4.78, 5) is 30.0. The highest BCUT2D eigenvalue weighted by molar-refractivity contribution is 7.99. The van der Waals surface area contributed by atoms with Crippen molar-refractivity contribution in [2.24, 2.45) is 13.0 Å². The second-order valence-electron chi connectivity index (χ2n) is 8.78. The van der Waals surface area contributed by atoms with Crippen LogP contribution in [0.25, 0.3) is 11.3 Å². The van der Waals surface area contributed by atoms with Crippen LogP contribution < -0.4 is 10.6 Å². The number of thiazole rings is 1. The third-order valence-corrected chi connectivity index (χ3v) is 7.57. The molecule has 2 aromatic heterocycles. The molecule has 2 aromatic carbocycles. The second-order valence-corrected chi connectivity index (χ2v) is 11.0. The van der Waals surface area contributed by atoms with Gasteiger partial charge in [0.2, 0.25) is 5.91 Å². The van der Waals surface area contributed by atoms with E-state index in [4.69, 9.17) is 11.6 Å². The number of carbonyl (C=O) groups excluding carboxylic acids is 2. The molecule has 0 radical (unpaired) electrons. The summed E-state index contributed by atoms with van der Waals surface area (Å²) >= 11 is 8.87. The molecule has 11 heteroatoms. The highest BCUT2D eigenvalue weighted by Gasteiger charge is 2.24. The lowest BCUT2D eigenvalue weighted by molar-refractivity contribution is -0.113. The van der Waals surface area contributed by atoms with Gasteiger partial charge in [-0.3, -0.25) is 9.59 Å². The first kappa shape index (κ1) is 26.8. The molecule has 0 unspecified atom stereocenters. The topological polar surface area (TPSA) is 102 Å². The number of nitrogens with one attached hydrogen (secondary N) is 2. The summed E-state index contributed by atoms with van der Waals surface area (Å²) < 4.78 is 1.81. The van der Waals surface area contributed by atoms with Gasteiger partial charge in [-0.1, -0.05) is 79.7 Å². The van der Waals surface area contributed by atoms with Crippen LogP contribution in [0.4, 0.5) is 5.13 Å². The largest absolute Gasteiger partial charge is 0.342 e. The summed E-state index contributed by atoms with van der Waals surface area (Å²) in [5, 5.41) is 17.9.